The van der Waals surface area contributed by atoms with Crippen molar-refractivity contribution >= 4 is 5.91 Å². The number of amides is 1. The van der Waals surface area contributed by atoms with Crippen LogP contribution in [0.3, 0.4) is 0 Å². The third-order valence-electron chi connectivity index (χ3n) is 3.37. The van der Waals surface area contributed by atoms with Crippen molar-refractivity contribution in [3.05, 3.63) is 0 Å². The fourth-order valence-electron chi connectivity index (χ4n) is 2.26. The minimum atomic E-state index is -0.209. The van der Waals surface area contributed by atoms with E-state index < -0.39 is 0 Å². The summed E-state index contributed by atoms with van der Waals surface area (Å²) < 4.78 is 5.41. The van der Waals surface area contributed by atoms with E-state index in [1.54, 1.807) is 0 Å². The van der Waals surface area contributed by atoms with Crippen LogP contribution in [0.5, 0.6) is 0 Å². The molecule has 0 spiro atoms. The lowest BCUT2D eigenvalue weighted by Crippen LogP contribution is -2.39. The SMILES string of the molecule is CC1CCOC1C(=O)NCC1CCNC1. The van der Waals surface area contributed by atoms with Crippen molar-refractivity contribution < 1.29 is 9.53 Å². The Morgan fingerprint density at radius 2 is 2.40 bits per heavy atom. The number of nitrogens with one attached hydrogen (secondary N) is 2. The van der Waals surface area contributed by atoms with Crippen molar-refractivity contribution in [1.82, 2.24) is 10.6 Å². The quantitative estimate of drug-likeness (QED) is 0.699. The second kappa shape index (κ2) is 4.94. The van der Waals surface area contributed by atoms with Gasteiger partial charge in [0.1, 0.15) is 6.10 Å². The molecule has 3 unspecified atom stereocenters. The molecule has 2 N–H and O–H groups in total. The van der Waals surface area contributed by atoms with E-state index in [2.05, 4.69) is 17.6 Å². The Balaban J connectivity index is 1.71. The highest BCUT2D eigenvalue weighted by molar-refractivity contribution is 5.81. The molecule has 2 aliphatic heterocycles. The summed E-state index contributed by atoms with van der Waals surface area (Å²) in [6, 6.07) is 0. The monoisotopic (exact) mass is 212 g/mol. The molecule has 2 fully saturated rings. The maximum absolute atomic E-state index is 11.8. The molecule has 4 heteroatoms. The van der Waals surface area contributed by atoms with Crippen molar-refractivity contribution in [2.45, 2.75) is 25.9 Å². The number of carbonyl (C=O) groups is 1. The van der Waals surface area contributed by atoms with Gasteiger partial charge < -0.3 is 15.4 Å². The fraction of sp³-hybridized carbons (Fsp3) is 0.909. The highest BCUT2D eigenvalue weighted by atomic mass is 16.5. The predicted octanol–water partition coefficient (Wildman–Crippen LogP) is 0.137. The zero-order chi connectivity index (χ0) is 10.7. The Morgan fingerprint density at radius 1 is 1.53 bits per heavy atom. The first-order valence-electron chi connectivity index (χ1n) is 5.87. The molecule has 0 aromatic rings. The first-order valence-corrected chi connectivity index (χ1v) is 5.87. The van der Waals surface area contributed by atoms with Crippen LogP contribution in [0, 0.1) is 11.8 Å². The van der Waals surface area contributed by atoms with Gasteiger partial charge in [0, 0.05) is 13.2 Å². The maximum atomic E-state index is 11.8. The predicted molar refractivity (Wildman–Crippen MR) is 57.5 cm³/mol. The summed E-state index contributed by atoms with van der Waals surface area (Å²) in [4.78, 5) is 11.8. The summed E-state index contributed by atoms with van der Waals surface area (Å²) in [5.41, 5.74) is 0. The molecule has 4 nitrogen and oxygen atoms in total. The molecule has 2 rings (SSSR count). The van der Waals surface area contributed by atoms with Crippen molar-refractivity contribution in [2.75, 3.05) is 26.2 Å². The molecule has 0 aromatic heterocycles. The smallest absolute Gasteiger partial charge is 0.249 e. The van der Waals surface area contributed by atoms with E-state index >= 15 is 0 Å². The topological polar surface area (TPSA) is 50.4 Å². The van der Waals surface area contributed by atoms with Gasteiger partial charge in [0.25, 0.3) is 0 Å². The van der Waals surface area contributed by atoms with Crippen LogP contribution in [0.1, 0.15) is 19.8 Å². The summed E-state index contributed by atoms with van der Waals surface area (Å²) in [6.45, 7) is 5.70. The van der Waals surface area contributed by atoms with E-state index in [0.717, 1.165) is 32.7 Å². The Hall–Kier alpha value is -0.610. The molecule has 0 aliphatic carbocycles. The first-order chi connectivity index (χ1) is 7.27. The molecule has 0 bridgehead atoms. The summed E-state index contributed by atoms with van der Waals surface area (Å²) in [7, 11) is 0. The van der Waals surface area contributed by atoms with E-state index in [1.165, 1.54) is 6.42 Å². The van der Waals surface area contributed by atoms with Crippen LogP contribution in [0.25, 0.3) is 0 Å². The highest BCUT2D eigenvalue weighted by Gasteiger charge is 2.31. The van der Waals surface area contributed by atoms with Gasteiger partial charge in [-0.3, -0.25) is 4.79 Å². The minimum absolute atomic E-state index is 0.0758. The second-order valence-corrected chi connectivity index (χ2v) is 4.66. The molecule has 2 saturated heterocycles. The van der Waals surface area contributed by atoms with Crippen LogP contribution in [0.15, 0.2) is 0 Å². The van der Waals surface area contributed by atoms with Gasteiger partial charge >= 0.3 is 0 Å². The van der Waals surface area contributed by atoms with Crippen LogP contribution >= 0.6 is 0 Å². The normalized spacial score (nSPS) is 35.7. The standard InChI is InChI=1S/C11H20N2O2/c1-8-3-5-15-10(8)11(14)13-7-9-2-4-12-6-9/h8-10,12H,2-7H2,1H3,(H,13,14). The van der Waals surface area contributed by atoms with Gasteiger partial charge in [-0.05, 0) is 37.8 Å². The van der Waals surface area contributed by atoms with Gasteiger partial charge in [-0.1, -0.05) is 6.92 Å². The van der Waals surface area contributed by atoms with Crippen molar-refractivity contribution in [1.29, 1.82) is 0 Å². The van der Waals surface area contributed by atoms with Gasteiger partial charge in [0.15, 0.2) is 0 Å². The largest absolute Gasteiger partial charge is 0.368 e. The van der Waals surface area contributed by atoms with Crippen LogP contribution in [-0.4, -0.2) is 38.3 Å². The van der Waals surface area contributed by atoms with Gasteiger partial charge in [-0.2, -0.15) is 0 Å². The lowest BCUT2D eigenvalue weighted by atomic mass is 10.0. The third kappa shape index (κ3) is 2.69. The summed E-state index contributed by atoms with van der Waals surface area (Å²) in [5, 5.41) is 6.28. The Bertz CT molecular complexity index is 227. The van der Waals surface area contributed by atoms with Gasteiger partial charge in [-0.25, -0.2) is 0 Å². The van der Waals surface area contributed by atoms with Crippen molar-refractivity contribution in [2.24, 2.45) is 11.8 Å². The second-order valence-electron chi connectivity index (χ2n) is 4.66. The van der Waals surface area contributed by atoms with E-state index in [9.17, 15) is 4.79 Å². The lowest BCUT2D eigenvalue weighted by molar-refractivity contribution is -0.131. The number of rotatable bonds is 3. The molecule has 15 heavy (non-hydrogen) atoms. The molecule has 2 heterocycles. The van der Waals surface area contributed by atoms with Gasteiger partial charge in [-0.15, -0.1) is 0 Å². The van der Waals surface area contributed by atoms with Gasteiger partial charge in [0.05, 0.1) is 0 Å². The molecule has 1 amide bonds. The molecule has 2 aliphatic rings. The number of hydrogen-bond acceptors (Lipinski definition) is 3. The minimum Gasteiger partial charge on any atom is -0.368 e. The maximum Gasteiger partial charge on any atom is 0.249 e. The van der Waals surface area contributed by atoms with Gasteiger partial charge in [0.2, 0.25) is 5.91 Å². The highest BCUT2D eigenvalue weighted by Crippen LogP contribution is 2.20. The Kier molecular flexibility index (Phi) is 3.59. The third-order valence-corrected chi connectivity index (χ3v) is 3.37. The molecule has 0 aromatic carbocycles. The summed E-state index contributed by atoms with van der Waals surface area (Å²) >= 11 is 0. The molecule has 0 radical (unpaired) electrons. The van der Waals surface area contributed by atoms with Crippen LogP contribution in [0.4, 0.5) is 0 Å². The fourth-order valence-corrected chi connectivity index (χ4v) is 2.26. The zero-order valence-electron chi connectivity index (χ0n) is 9.29. The summed E-state index contributed by atoms with van der Waals surface area (Å²) in [5.74, 6) is 1.05. The summed E-state index contributed by atoms with van der Waals surface area (Å²) in [6.07, 6.45) is 1.96. The van der Waals surface area contributed by atoms with Crippen LogP contribution in [0.2, 0.25) is 0 Å². The lowest BCUT2D eigenvalue weighted by Gasteiger charge is -2.16. The van der Waals surface area contributed by atoms with Crippen molar-refractivity contribution in [3.63, 3.8) is 0 Å². The van der Waals surface area contributed by atoms with E-state index in [-0.39, 0.29) is 12.0 Å². The van der Waals surface area contributed by atoms with E-state index in [4.69, 9.17) is 4.74 Å². The number of carbonyl (C=O) groups excluding carboxylic acids is 1. The first kappa shape index (κ1) is 10.9. The average molecular weight is 212 g/mol. The Morgan fingerprint density at radius 3 is 3.00 bits per heavy atom. The molecule has 0 saturated carbocycles. The molecular weight excluding hydrogens is 192 g/mol. The van der Waals surface area contributed by atoms with Crippen LogP contribution < -0.4 is 10.6 Å². The van der Waals surface area contributed by atoms with E-state index in [1.807, 2.05) is 0 Å². The molecule has 3 atom stereocenters. The number of ether oxygens (including phenoxy) is 1. The van der Waals surface area contributed by atoms with Crippen LogP contribution in [-0.2, 0) is 9.53 Å². The van der Waals surface area contributed by atoms with E-state index in [0.29, 0.717) is 11.8 Å². The zero-order valence-corrected chi connectivity index (χ0v) is 9.29. The molecular formula is C11H20N2O2. The number of hydrogen-bond donors (Lipinski definition) is 2. The average Bonchev–Trinajstić information content (AvgIpc) is 2.84. The van der Waals surface area contributed by atoms with Crippen molar-refractivity contribution in [3.8, 4) is 0 Å². The molecule has 86 valence electrons. The Labute approximate surface area is 90.8 Å².